The van der Waals surface area contributed by atoms with Crippen molar-refractivity contribution in [2.24, 2.45) is 11.8 Å². The van der Waals surface area contributed by atoms with Crippen LogP contribution in [0.25, 0.3) is 0 Å². The molecule has 2 atom stereocenters. The fourth-order valence-corrected chi connectivity index (χ4v) is 2.62. The molecule has 0 spiro atoms. The zero-order valence-corrected chi connectivity index (χ0v) is 10.9. The Balaban J connectivity index is 2.37. The molecule has 1 aliphatic heterocycles. The molecule has 1 N–H and O–H groups in total. The molecule has 0 aliphatic carbocycles. The first kappa shape index (κ1) is 13.3. The van der Waals surface area contributed by atoms with Gasteiger partial charge in [-0.15, -0.1) is 0 Å². The molecule has 0 bridgehead atoms. The van der Waals surface area contributed by atoms with Gasteiger partial charge in [-0.3, -0.25) is 14.9 Å². The highest BCUT2D eigenvalue weighted by molar-refractivity contribution is 5.74. The van der Waals surface area contributed by atoms with Crippen molar-refractivity contribution in [2.45, 2.75) is 13.8 Å². The van der Waals surface area contributed by atoms with E-state index >= 15 is 0 Å². The van der Waals surface area contributed by atoms with Crippen molar-refractivity contribution in [3.8, 4) is 0 Å². The zero-order valence-electron chi connectivity index (χ0n) is 10.9. The smallest absolute Gasteiger partial charge is 0.308 e. The molecule has 1 fully saturated rings. The average molecular weight is 264 g/mol. The molecule has 2 rings (SSSR count). The summed E-state index contributed by atoms with van der Waals surface area (Å²) in [6, 6.07) is 5.13. The zero-order chi connectivity index (χ0) is 14.2. The van der Waals surface area contributed by atoms with Gasteiger partial charge >= 0.3 is 5.97 Å². The first-order valence-electron chi connectivity index (χ1n) is 6.13. The van der Waals surface area contributed by atoms with Crippen molar-refractivity contribution in [1.82, 2.24) is 0 Å². The summed E-state index contributed by atoms with van der Waals surface area (Å²) in [6.45, 7) is 4.40. The lowest BCUT2D eigenvalue weighted by atomic mass is 9.99. The molecule has 0 radical (unpaired) electrons. The Hall–Kier alpha value is -2.11. The van der Waals surface area contributed by atoms with Crippen molar-refractivity contribution < 1.29 is 14.8 Å². The fourth-order valence-electron chi connectivity index (χ4n) is 2.62. The molecule has 1 aromatic carbocycles. The number of aliphatic carboxylic acids is 1. The van der Waals surface area contributed by atoms with Crippen LogP contribution in [-0.4, -0.2) is 29.1 Å². The SMILES string of the molecule is Cc1cccc(N2C[C@@H](C)[C@H](C(=O)O)C2)c1[N+](=O)[O-]. The van der Waals surface area contributed by atoms with E-state index in [0.717, 1.165) is 0 Å². The van der Waals surface area contributed by atoms with Gasteiger partial charge in [0.2, 0.25) is 0 Å². The van der Waals surface area contributed by atoms with Gasteiger partial charge in [0.05, 0.1) is 10.8 Å². The van der Waals surface area contributed by atoms with Crippen LogP contribution in [0.5, 0.6) is 0 Å². The van der Waals surface area contributed by atoms with E-state index in [9.17, 15) is 14.9 Å². The number of nitrogens with zero attached hydrogens (tertiary/aromatic N) is 2. The van der Waals surface area contributed by atoms with Gasteiger partial charge in [-0.1, -0.05) is 19.1 Å². The van der Waals surface area contributed by atoms with Gasteiger partial charge in [-0.2, -0.15) is 0 Å². The second kappa shape index (κ2) is 4.87. The van der Waals surface area contributed by atoms with Crippen LogP contribution in [0.1, 0.15) is 12.5 Å². The summed E-state index contributed by atoms with van der Waals surface area (Å²) in [4.78, 5) is 23.7. The van der Waals surface area contributed by atoms with Crippen molar-refractivity contribution in [1.29, 1.82) is 0 Å². The van der Waals surface area contributed by atoms with Gasteiger partial charge in [0, 0.05) is 18.7 Å². The van der Waals surface area contributed by atoms with Crippen LogP contribution in [-0.2, 0) is 4.79 Å². The predicted molar refractivity (Wildman–Crippen MR) is 70.3 cm³/mol. The maximum absolute atomic E-state index is 11.2. The highest BCUT2D eigenvalue weighted by Gasteiger charge is 2.37. The van der Waals surface area contributed by atoms with Crippen LogP contribution >= 0.6 is 0 Å². The molecule has 0 aromatic heterocycles. The Morgan fingerprint density at radius 3 is 2.68 bits per heavy atom. The lowest BCUT2D eigenvalue weighted by Crippen LogP contribution is -2.23. The van der Waals surface area contributed by atoms with Crippen LogP contribution in [0.15, 0.2) is 18.2 Å². The molecule has 1 aliphatic rings. The van der Waals surface area contributed by atoms with E-state index in [-0.39, 0.29) is 11.6 Å². The minimum Gasteiger partial charge on any atom is -0.481 e. The maximum Gasteiger partial charge on any atom is 0.308 e. The number of carboxylic acids is 1. The highest BCUT2D eigenvalue weighted by Crippen LogP contribution is 2.36. The third kappa shape index (κ3) is 2.38. The molecule has 1 aromatic rings. The van der Waals surface area contributed by atoms with Crippen LogP contribution < -0.4 is 4.90 Å². The van der Waals surface area contributed by atoms with E-state index in [4.69, 9.17) is 5.11 Å². The Labute approximate surface area is 110 Å². The van der Waals surface area contributed by atoms with Crippen LogP contribution in [0.2, 0.25) is 0 Å². The molecule has 6 heteroatoms. The summed E-state index contributed by atoms with van der Waals surface area (Å²) in [5.74, 6) is -1.33. The second-order valence-electron chi connectivity index (χ2n) is 5.03. The number of hydrogen-bond acceptors (Lipinski definition) is 4. The number of aryl methyl sites for hydroxylation is 1. The number of anilines is 1. The number of carbonyl (C=O) groups is 1. The van der Waals surface area contributed by atoms with Crippen molar-refractivity contribution in [3.05, 3.63) is 33.9 Å². The number of nitro benzene ring substituents is 1. The van der Waals surface area contributed by atoms with E-state index < -0.39 is 16.8 Å². The first-order chi connectivity index (χ1) is 8.91. The standard InChI is InChI=1S/C13H16N2O4/c1-8-4-3-5-11(12(8)15(18)19)14-6-9(2)10(7-14)13(16)17/h3-5,9-10H,6-7H2,1-2H3,(H,16,17)/t9-,10-/m1/s1. The fraction of sp³-hybridized carbons (Fsp3) is 0.462. The Morgan fingerprint density at radius 1 is 1.47 bits per heavy atom. The molecular weight excluding hydrogens is 248 g/mol. The Bertz CT molecular complexity index is 529. The van der Waals surface area contributed by atoms with Gasteiger partial charge in [-0.05, 0) is 18.9 Å². The van der Waals surface area contributed by atoms with Crippen molar-refractivity contribution in [2.75, 3.05) is 18.0 Å². The minimum absolute atomic E-state index is 0.0161. The lowest BCUT2D eigenvalue weighted by Gasteiger charge is -2.18. The Kier molecular flexibility index (Phi) is 3.42. The number of para-hydroxylation sites is 1. The summed E-state index contributed by atoms with van der Waals surface area (Å²) in [7, 11) is 0. The number of nitro groups is 1. The normalized spacial score (nSPS) is 22.5. The van der Waals surface area contributed by atoms with Gasteiger partial charge < -0.3 is 10.0 Å². The van der Waals surface area contributed by atoms with Crippen LogP contribution in [0.3, 0.4) is 0 Å². The molecule has 0 amide bonds. The maximum atomic E-state index is 11.2. The number of rotatable bonds is 3. The largest absolute Gasteiger partial charge is 0.481 e. The molecular formula is C13H16N2O4. The van der Waals surface area contributed by atoms with Gasteiger partial charge in [0.25, 0.3) is 5.69 Å². The second-order valence-corrected chi connectivity index (χ2v) is 5.03. The Morgan fingerprint density at radius 2 is 2.16 bits per heavy atom. The minimum atomic E-state index is -0.842. The monoisotopic (exact) mass is 264 g/mol. The van der Waals surface area contributed by atoms with E-state index in [1.807, 2.05) is 6.92 Å². The lowest BCUT2D eigenvalue weighted by molar-refractivity contribution is -0.384. The average Bonchev–Trinajstić information content (AvgIpc) is 2.70. The molecule has 1 saturated heterocycles. The number of carboxylic acid groups (broad SMARTS) is 1. The molecule has 0 saturated carbocycles. The van der Waals surface area contributed by atoms with Crippen molar-refractivity contribution >= 4 is 17.3 Å². The molecule has 6 nitrogen and oxygen atoms in total. The quantitative estimate of drug-likeness (QED) is 0.667. The van der Waals surface area contributed by atoms with E-state index in [0.29, 0.717) is 24.3 Å². The topological polar surface area (TPSA) is 83.7 Å². The van der Waals surface area contributed by atoms with Gasteiger partial charge in [0.15, 0.2) is 0 Å². The van der Waals surface area contributed by atoms with Crippen LogP contribution in [0, 0.1) is 28.9 Å². The summed E-state index contributed by atoms with van der Waals surface area (Å²) in [5.41, 5.74) is 1.18. The van der Waals surface area contributed by atoms with Crippen molar-refractivity contribution in [3.63, 3.8) is 0 Å². The predicted octanol–water partition coefficient (Wildman–Crippen LogP) is 2.06. The molecule has 1 heterocycles. The number of benzene rings is 1. The summed E-state index contributed by atoms with van der Waals surface area (Å²) in [6.07, 6.45) is 0. The number of hydrogen-bond donors (Lipinski definition) is 1. The third-order valence-electron chi connectivity index (χ3n) is 3.67. The summed E-state index contributed by atoms with van der Waals surface area (Å²) >= 11 is 0. The molecule has 0 unspecified atom stereocenters. The van der Waals surface area contributed by atoms with E-state index in [1.165, 1.54) is 0 Å². The van der Waals surface area contributed by atoms with Gasteiger partial charge in [-0.25, -0.2) is 0 Å². The van der Waals surface area contributed by atoms with E-state index in [2.05, 4.69) is 0 Å². The van der Waals surface area contributed by atoms with Gasteiger partial charge in [0.1, 0.15) is 5.69 Å². The molecule has 102 valence electrons. The summed E-state index contributed by atoms with van der Waals surface area (Å²) < 4.78 is 0. The summed E-state index contributed by atoms with van der Waals surface area (Å²) in [5, 5.41) is 20.3. The van der Waals surface area contributed by atoms with E-state index in [1.54, 1.807) is 30.0 Å². The highest BCUT2D eigenvalue weighted by atomic mass is 16.6. The first-order valence-corrected chi connectivity index (χ1v) is 6.13. The van der Waals surface area contributed by atoms with Crippen LogP contribution in [0.4, 0.5) is 11.4 Å². The molecule has 19 heavy (non-hydrogen) atoms. The third-order valence-corrected chi connectivity index (χ3v) is 3.67.